The fourth-order valence-electron chi connectivity index (χ4n) is 2.42. The molecule has 0 aliphatic heterocycles. The summed E-state index contributed by atoms with van der Waals surface area (Å²) in [4.78, 5) is 0. The molecule has 0 saturated heterocycles. The molecule has 0 heterocycles. The molecule has 2 aliphatic carbocycles. The van der Waals surface area contributed by atoms with E-state index in [1.165, 1.54) is 25.7 Å². The zero-order valence-corrected chi connectivity index (χ0v) is 13.6. The smallest absolute Gasteiger partial charge is 0.142 e. The van der Waals surface area contributed by atoms with Crippen LogP contribution in [0.2, 0.25) is 5.02 Å². The van der Waals surface area contributed by atoms with Crippen molar-refractivity contribution in [3.63, 3.8) is 0 Å². The van der Waals surface area contributed by atoms with Gasteiger partial charge < -0.3 is 20.9 Å². The van der Waals surface area contributed by atoms with E-state index in [-0.39, 0.29) is 6.04 Å². The maximum absolute atomic E-state index is 6.42. The van der Waals surface area contributed by atoms with E-state index in [1.807, 2.05) is 12.1 Å². The summed E-state index contributed by atoms with van der Waals surface area (Å²) in [5.74, 6) is 2.11. The molecule has 2 fully saturated rings. The Bertz CT molecular complexity index is 516. The number of rotatable bonds is 9. The molecule has 4 N–H and O–H groups in total. The van der Waals surface area contributed by atoms with Crippen molar-refractivity contribution in [2.24, 2.45) is 23.3 Å². The molecule has 1 aromatic carbocycles. The third-order valence-corrected chi connectivity index (χ3v) is 4.55. The van der Waals surface area contributed by atoms with Crippen molar-refractivity contribution >= 4 is 11.6 Å². The second-order valence-corrected chi connectivity index (χ2v) is 6.96. The van der Waals surface area contributed by atoms with Crippen LogP contribution in [0.4, 0.5) is 0 Å². The van der Waals surface area contributed by atoms with Gasteiger partial charge in [0.25, 0.3) is 0 Å². The first-order chi connectivity index (χ1) is 10.7. The normalized spacial score (nSPS) is 19.2. The minimum Gasteiger partial charge on any atom is -0.491 e. The number of ether oxygens (including phenoxy) is 2. The molecule has 0 radical (unpaired) electrons. The Morgan fingerprint density at radius 1 is 1.14 bits per heavy atom. The second-order valence-electron chi connectivity index (χ2n) is 6.55. The number of nitrogens with two attached hydrogens (primary N) is 2. The molecule has 1 atom stereocenters. The maximum atomic E-state index is 6.42. The van der Waals surface area contributed by atoms with Crippen molar-refractivity contribution in [3.05, 3.63) is 28.3 Å². The predicted octanol–water partition coefficient (Wildman–Crippen LogP) is 3.01. The molecule has 1 aromatic rings. The lowest BCUT2D eigenvalue weighted by atomic mass is 10.0. The van der Waals surface area contributed by atoms with Gasteiger partial charge in [-0.25, -0.2) is 0 Å². The Morgan fingerprint density at radius 2 is 1.82 bits per heavy atom. The first kappa shape index (κ1) is 16.1. The molecule has 122 valence electrons. The molecular formula is C17H25ClN2O2. The lowest BCUT2D eigenvalue weighted by Crippen LogP contribution is -2.22. The highest BCUT2D eigenvalue weighted by molar-refractivity contribution is 6.32. The zero-order chi connectivity index (χ0) is 15.5. The highest BCUT2D eigenvalue weighted by Gasteiger charge is 2.24. The second kappa shape index (κ2) is 7.18. The van der Waals surface area contributed by atoms with E-state index < -0.39 is 0 Å². The fraction of sp³-hybridized carbons (Fsp3) is 0.647. The Morgan fingerprint density at radius 3 is 2.45 bits per heavy atom. The Kier molecular flexibility index (Phi) is 5.24. The largest absolute Gasteiger partial charge is 0.491 e. The summed E-state index contributed by atoms with van der Waals surface area (Å²) < 4.78 is 11.7. The Balaban J connectivity index is 1.71. The van der Waals surface area contributed by atoms with E-state index in [0.29, 0.717) is 36.4 Å². The summed E-state index contributed by atoms with van der Waals surface area (Å²) >= 11 is 6.42. The Labute approximate surface area is 137 Å². The van der Waals surface area contributed by atoms with Gasteiger partial charge in [-0.05, 0) is 55.2 Å². The monoisotopic (exact) mass is 324 g/mol. The average molecular weight is 325 g/mol. The van der Waals surface area contributed by atoms with Gasteiger partial charge in [0, 0.05) is 24.8 Å². The standard InChI is InChI=1S/C17H25ClN2O2/c18-15-6-13(9-21-8-11-1-2-11)5-14(16(20)7-19)17(15)22-10-12-3-4-12/h5-6,11-12,16H,1-4,7-10,19-20H2. The third-order valence-electron chi connectivity index (χ3n) is 4.27. The van der Waals surface area contributed by atoms with Crippen LogP contribution in [0.5, 0.6) is 5.75 Å². The van der Waals surface area contributed by atoms with E-state index >= 15 is 0 Å². The van der Waals surface area contributed by atoms with Gasteiger partial charge in [-0.2, -0.15) is 0 Å². The molecule has 0 aromatic heterocycles. The fourth-order valence-corrected chi connectivity index (χ4v) is 2.73. The molecule has 5 heteroatoms. The summed E-state index contributed by atoms with van der Waals surface area (Å²) in [5, 5.41) is 0.604. The highest BCUT2D eigenvalue weighted by atomic mass is 35.5. The van der Waals surface area contributed by atoms with Gasteiger partial charge in [-0.15, -0.1) is 0 Å². The van der Waals surface area contributed by atoms with Crippen LogP contribution >= 0.6 is 11.6 Å². The number of benzene rings is 1. The summed E-state index contributed by atoms with van der Waals surface area (Å²) in [6.07, 6.45) is 5.06. The van der Waals surface area contributed by atoms with Gasteiger partial charge in [0.1, 0.15) is 5.75 Å². The van der Waals surface area contributed by atoms with Gasteiger partial charge in [0.05, 0.1) is 18.2 Å². The summed E-state index contributed by atoms with van der Waals surface area (Å²) in [7, 11) is 0. The van der Waals surface area contributed by atoms with Crippen molar-refractivity contribution in [2.45, 2.75) is 38.3 Å². The molecule has 0 amide bonds. The van der Waals surface area contributed by atoms with Crippen LogP contribution in [0.15, 0.2) is 12.1 Å². The van der Waals surface area contributed by atoms with Crippen molar-refractivity contribution in [3.8, 4) is 5.75 Å². The first-order valence-corrected chi connectivity index (χ1v) is 8.53. The molecule has 1 unspecified atom stereocenters. The molecule has 0 spiro atoms. The van der Waals surface area contributed by atoms with Crippen molar-refractivity contribution in [1.29, 1.82) is 0 Å². The van der Waals surface area contributed by atoms with Crippen LogP contribution in [-0.4, -0.2) is 19.8 Å². The van der Waals surface area contributed by atoms with Gasteiger partial charge in [0.2, 0.25) is 0 Å². The minimum atomic E-state index is -0.268. The lowest BCUT2D eigenvalue weighted by molar-refractivity contribution is 0.111. The number of hydrogen-bond acceptors (Lipinski definition) is 4. The van der Waals surface area contributed by atoms with E-state index in [2.05, 4.69) is 0 Å². The summed E-state index contributed by atoms with van der Waals surface area (Å²) in [5.41, 5.74) is 13.8. The maximum Gasteiger partial charge on any atom is 0.142 e. The third kappa shape index (κ3) is 4.35. The van der Waals surface area contributed by atoms with Crippen molar-refractivity contribution in [1.82, 2.24) is 0 Å². The zero-order valence-electron chi connectivity index (χ0n) is 12.9. The molecule has 3 rings (SSSR count). The topological polar surface area (TPSA) is 70.5 Å². The summed E-state index contributed by atoms with van der Waals surface area (Å²) in [6, 6.07) is 3.68. The molecule has 2 aliphatic rings. The summed E-state index contributed by atoms with van der Waals surface area (Å²) in [6.45, 7) is 2.46. The lowest BCUT2D eigenvalue weighted by Gasteiger charge is -2.19. The van der Waals surface area contributed by atoms with Crippen LogP contribution in [0.3, 0.4) is 0 Å². The van der Waals surface area contributed by atoms with Gasteiger partial charge in [-0.1, -0.05) is 11.6 Å². The molecular weight excluding hydrogens is 300 g/mol. The molecule has 4 nitrogen and oxygen atoms in total. The number of hydrogen-bond donors (Lipinski definition) is 2. The average Bonchev–Trinajstić information content (AvgIpc) is 3.38. The molecule has 2 saturated carbocycles. The van der Waals surface area contributed by atoms with Crippen LogP contribution in [0.1, 0.15) is 42.9 Å². The van der Waals surface area contributed by atoms with Gasteiger partial charge >= 0.3 is 0 Å². The quantitative estimate of drug-likeness (QED) is 0.732. The van der Waals surface area contributed by atoms with E-state index in [1.54, 1.807) is 0 Å². The van der Waals surface area contributed by atoms with E-state index in [0.717, 1.165) is 23.7 Å². The SMILES string of the molecule is NCC(N)c1cc(COCC2CC2)cc(Cl)c1OCC1CC1. The first-order valence-electron chi connectivity index (χ1n) is 8.16. The van der Waals surface area contributed by atoms with E-state index in [4.69, 9.17) is 32.5 Å². The predicted molar refractivity (Wildman–Crippen MR) is 88.0 cm³/mol. The highest BCUT2D eigenvalue weighted by Crippen LogP contribution is 2.37. The van der Waals surface area contributed by atoms with Gasteiger partial charge in [-0.3, -0.25) is 0 Å². The van der Waals surface area contributed by atoms with Crippen molar-refractivity contribution in [2.75, 3.05) is 19.8 Å². The molecule has 22 heavy (non-hydrogen) atoms. The van der Waals surface area contributed by atoms with E-state index in [9.17, 15) is 0 Å². The number of halogens is 1. The van der Waals surface area contributed by atoms with Crippen molar-refractivity contribution < 1.29 is 9.47 Å². The van der Waals surface area contributed by atoms with Crippen LogP contribution in [-0.2, 0) is 11.3 Å². The van der Waals surface area contributed by atoms with Gasteiger partial charge in [0.15, 0.2) is 0 Å². The van der Waals surface area contributed by atoms with Crippen LogP contribution < -0.4 is 16.2 Å². The van der Waals surface area contributed by atoms with Crippen LogP contribution in [0.25, 0.3) is 0 Å². The molecule has 0 bridgehead atoms. The minimum absolute atomic E-state index is 0.268. The Hall–Kier alpha value is -0.810. The van der Waals surface area contributed by atoms with Crippen LogP contribution in [0, 0.1) is 11.8 Å².